The van der Waals surface area contributed by atoms with E-state index in [9.17, 15) is 13.2 Å². The van der Waals surface area contributed by atoms with Crippen molar-refractivity contribution in [2.45, 2.75) is 24.9 Å². The second-order valence-electron chi connectivity index (χ2n) is 6.82. The van der Waals surface area contributed by atoms with E-state index in [0.717, 1.165) is 21.0 Å². The van der Waals surface area contributed by atoms with Crippen LogP contribution in [0.5, 0.6) is 0 Å². The number of nitrogens with zero attached hydrogens (tertiary/aromatic N) is 2. The number of benzene rings is 3. The Morgan fingerprint density at radius 3 is 2.21 bits per heavy atom. The molecule has 142 valence electrons. The molecular formula is C22H20N2O3S. The second kappa shape index (κ2) is 7.13. The summed E-state index contributed by atoms with van der Waals surface area (Å²) in [6, 6.07) is 23.1. The smallest absolute Gasteiger partial charge is 0.288 e. The molecule has 1 heterocycles. The number of para-hydroxylation sites is 1. The van der Waals surface area contributed by atoms with Crippen LogP contribution in [0, 0.1) is 6.92 Å². The highest BCUT2D eigenvalue weighted by atomic mass is 32.2. The molecular weight excluding hydrogens is 372 g/mol. The molecule has 4 rings (SSSR count). The molecule has 6 heteroatoms. The largest absolute Gasteiger partial charge is 0.339 e. The molecule has 0 spiro atoms. The first kappa shape index (κ1) is 18.3. The lowest BCUT2D eigenvalue weighted by Crippen LogP contribution is -2.49. The molecule has 5 nitrogen and oxygen atoms in total. The summed E-state index contributed by atoms with van der Waals surface area (Å²) in [6.45, 7) is 2.29. The highest BCUT2D eigenvalue weighted by Crippen LogP contribution is 2.36. The van der Waals surface area contributed by atoms with Crippen LogP contribution in [0.15, 0.2) is 83.8 Å². The lowest BCUT2D eigenvalue weighted by atomic mass is 10.1. The van der Waals surface area contributed by atoms with Crippen LogP contribution in [0.1, 0.15) is 16.7 Å². The number of urea groups is 1. The first-order chi connectivity index (χ1) is 13.5. The SMILES string of the molecule is Cc1cccc(CN2C(=O)N(Cc3ccccc3)S(=O)(=O)c3ccccc32)c1. The van der Waals surface area contributed by atoms with Gasteiger partial charge in [0.05, 0.1) is 18.8 Å². The van der Waals surface area contributed by atoms with E-state index >= 15 is 0 Å². The Bertz CT molecular complexity index is 1130. The van der Waals surface area contributed by atoms with Crippen LogP contribution in [0.3, 0.4) is 0 Å². The fraction of sp³-hybridized carbons (Fsp3) is 0.136. The van der Waals surface area contributed by atoms with Crippen LogP contribution in [0.25, 0.3) is 0 Å². The van der Waals surface area contributed by atoms with Crippen molar-refractivity contribution in [2.75, 3.05) is 4.90 Å². The summed E-state index contributed by atoms with van der Waals surface area (Å²) >= 11 is 0. The third-order valence-electron chi connectivity index (χ3n) is 4.76. The Hall–Kier alpha value is -3.12. The molecule has 0 bridgehead atoms. The van der Waals surface area contributed by atoms with Crippen LogP contribution in [-0.2, 0) is 23.1 Å². The number of hydrogen-bond acceptors (Lipinski definition) is 3. The van der Waals surface area contributed by atoms with Crippen LogP contribution < -0.4 is 4.90 Å². The molecule has 0 unspecified atom stereocenters. The normalized spacial score (nSPS) is 15.4. The van der Waals surface area contributed by atoms with Gasteiger partial charge in [0.25, 0.3) is 10.0 Å². The van der Waals surface area contributed by atoms with Crippen molar-refractivity contribution < 1.29 is 13.2 Å². The highest BCUT2D eigenvalue weighted by Gasteiger charge is 2.41. The van der Waals surface area contributed by atoms with Gasteiger partial charge in [-0.1, -0.05) is 72.3 Å². The van der Waals surface area contributed by atoms with Crippen molar-refractivity contribution in [3.63, 3.8) is 0 Å². The molecule has 0 N–H and O–H groups in total. The number of amides is 2. The molecule has 0 saturated heterocycles. The fourth-order valence-electron chi connectivity index (χ4n) is 3.41. The first-order valence-electron chi connectivity index (χ1n) is 8.99. The average Bonchev–Trinajstić information content (AvgIpc) is 2.70. The van der Waals surface area contributed by atoms with Gasteiger partial charge in [-0.3, -0.25) is 4.90 Å². The molecule has 0 atom stereocenters. The van der Waals surface area contributed by atoms with Crippen LogP contribution >= 0.6 is 0 Å². The van der Waals surface area contributed by atoms with Crippen molar-refractivity contribution >= 4 is 21.7 Å². The molecule has 3 aromatic carbocycles. The molecule has 0 aromatic heterocycles. The van der Waals surface area contributed by atoms with Gasteiger partial charge < -0.3 is 0 Å². The zero-order valence-corrected chi connectivity index (χ0v) is 16.3. The summed E-state index contributed by atoms with van der Waals surface area (Å²) in [5, 5.41) is 0. The average molecular weight is 392 g/mol. The summed E-state index contributed by atoms with van der Waals surface area (Å²) in [5.74, 6) is 0. The fourth-order valence-corrected chi connectivity index (χ4v) is 4.96. The second-order valence-corrected chi connectivity index (χ2v) is 8.65. The van der Waals surface area contributed by atoms with Gasteiger partial charge >= 0.3 is 6.03 Å². The van der Waals surface area contributed by atoms with Crippen molar-refractivity contribution in [2.24, 2.45) is 0 Å². The van der Waals surface area contributed by atoms with Crippen LogP contribution in [0.4, 0.5) is 10.5 Å². The minimum absolute atomic E-state index is 0.000653. The predicted octanol–water partition coefficient (Wildman–Crippen LogP) is 4.33. The molecule has 0 saturated carbocycles. The topological polar surface area (TPSA) is 57.7 Å². The maximum absolute atomic E-state index is 13.3. The van der Waals surface area contributed by atoms with E-state index in [1.165, 1.54) is 4.90 Å². The Labute approximate surface area is 164 Å². The van der Waals surface area contributed by atoms with Crippen molar-refractivity contribution in [3.8, 4) is 0 Å². The lowest BCUT2D eigenvalue weighted by molar-refractivity contribution is 0.226. The Morgan fingerprint density at radius 1 is 0.786 bits per heavy atom. The number of carbonyl (C=O) groups excluding carboxylic acids is 1. The molecule has 3 aromatic rings. The number of carbonyl (C=O) groups is 1. The number of hydrogen-bond donors (Lipinski definition) is 0. The molecule has 28 heavy (non-hydrogen) atoms. The Balaban J connectivity index is 1.78. The van der Waals surface area contributed by atoms with E-state index in [0.29, 0.717) is 12.2 Å². The Kier molecular flexibility index (Phi) is 4.65. The zero-order chi connectivity index (χ0) is 19.7. The number of fused-ring (bicyclic) bond motifs is 1. The van der Waals surface area contributed by atoms with Gasteiger partial charge in [0, 0.05) is 0 Å². The van der Waals surface area contributed by atoms with E-state index in [4.69, 9.17) is 0 Å². The van der Waals surface area contributed by atoms with Gasteiger partial charge in [0.1, 0.15) is 4.90 Å². The van der Waals surface area contributed by atoms with Crippen molar-refractivity contribution in [1.29, 1.82) is 0 Å². The predicted molar refractivity (Wildman–Crippen MR) is 108 cm³/mol. The molecule has 1 aliphatic rings. The van der Waals surface area contributed by atoms with E-state index in [-0.39, 0.29) is 11.4 Å². The summed E-state index contributed by atoms with van der Waals surface area (Å²) in [5.41, 5.74) is 3.21. The van der Waals surface area contributed by atoms with Gasteiger partial charge in [0.15, 0.2) is 0 Å². The quantitative estimate of drug-likeness (QED) is 0.664. The maximum atomic E-state index is 13.3. The van der Waals surface area contributed by atoms with Crippen molar-refractivity contribution in [1.82, 2.24) is 4.31 Å². The van der Waals surface area contributed by atoms with Gasteiger partial charge in [0.2, 0.25) is 0 Å². The molecule has 0 aliphatic carbocycles. The zero-order valence-electron chi connectivity index (χ0n) is 15.4. The third kappa shape index (κ3) is 3.27. The van der Waals surface area contributed by atoms with Gasteiger partial charge in [-0.2, -0.15) is 0 Å². The molecule has 0 radical (unpaired) electrons. The Morgan fingerprint density at radius 2 is 1.46 bits per heavy atom. The number of aryl methyl sites for hydroxylation is 1. The van der Waals surface area contributed by atoms with E-state index in [1.807, 2.05) is 61.5 Å². The van der Waals surface area contributed by atoms with Crippen LogP contribution in [0.2, 0.25) is 0 Å². The monoisotopic (exact) mass is 392 g/mol. The maximum Gasteiger partial charge on any atom is 0.339 e. The van der Waals surface area contributed by atoms with Gasteiger partial charge in [-0.25, -0.2) is 17.5 Å². The summed E-state index contributed by atoms with van der Waals surface area (Å²) in [4.78, 5) is 15.0. The summed E-state index contributed by atoms with van der Waals surface area (Å²) in [6.07, 6.45) is 0. The van der Waals surface area contributed by atoms with E-state index in [1.54, 1.807) is 24.3 Å². The van der Waals surface area contributed by atoms with Gasteiger partial charge in [-0.05, 0) is 30.2 Å². The van der Waals surface area contributed by atoms with E-state index in [2.05, 4.69) is 0 Å². The molecule has 1 aliphatic heterocycles. The minimum Gasteiger partial charge on any atom is -0.288 e. The minimum atomic E-state index is -3.92. The van der Waals surface area contributed by atoms with Gasteiger partial charge in [-0.15, -0.1) is 0 Å². The van der Waals surface area contributed by atoms with Crippen molar-refractivity contribution in [3.05, 3.63) is 95.6 Å². The summed E-state index contributed by atoms with van der Waals surface area (Å²) in [7, 11) is -3.92. The standard InChI is InChI=1S/C22H20N2O3S/c1-17-8-7-11-19(14-17)15-23-20-12-5-6-13-21(20)28(26,27)24(22(23)25)16-18-9-3-2-4-10-18/h2-14H,15-16H2,1H3. The third-order valence-corrected chi connectivity index (χ3v) is 6.53. The lowest BCUT2D eigenvalue weighted by Gasteiger charge is -2.36. The molecule has 2 amide bonds. The number of anilines is 1. The molecule has 0 fully saturated rings. The highest BCUT2D eigenvalue weighted by molar-refractivity contribution is 7.90. The number of sulfonamides is 1. The number of rotatable bonds is 4. The van der Waals surface area contributed by atoms with Crippen LogP contribution in [-0.4, -0.2) is 18.8 Å². The van der Waals surface area contributed by atoms with E-state index < -0.39 is 16.1 Å². The first-order valence-corrected chi connectivity index (χ1v) is 10.4. The summed E-state index contributed by atoms with van der Waals surface area (Å²) < 4.78 is 27.3.